The number of fused-ring (bicyclic) bond motifs is 1. The van der Waals surface area contributed by atoms with Crippen molar-refractivity contribution >= 4 is 5.91 Å². The Labute approximate surface area is 149 Å². The Bertz CT molecular complexity index is 727. The second-order valence-corrected chi connectivity index (χ2v) is 6.53. The third-order valence-corrected chi connectivity index (χ3v) is 4.90. The van der Waals surface area contributed by atoms with E-state index in [4.69, 9.17) is 4.74 Å². The molecule has 9 heteroatoms. The van der Waals surface area contributed by atoms with Gasteiger partial charge >= 0.3 is 0 Å². The largest absolute Gasteiger partial charge is 0.394 e. The fraction of sp³-hybridized carbons (Fsp3) is 0.471. The van der Waals surface area contributed by atoms with Gasteiger partial charge in [0.25, 0.3) is 0 Å². The lowest BCUT2D eigenvalue weighted by molar-refractivity contribution is -0.133. The smallest absolute Gasteiger partial charge is 0.248 e. The monoisotopic (exact) mass is 360 g/mol. The summed E-state index contributed by atoms with van der Waals surface area (Å²) >= 11 is 0. The average molecular weight is 360 g/mol. The lowest BCUT2D eigenvalue weighted by atomic mass is 10.1. The van der Waals surface area contributed by atoms with Crippen LogP contribution in [-0.4, -0.2) is 74.5 Å². The van der Waals surface area contributed by atoms with Crippen LogP contribution in [0.25, 0.3) is 0 Å². The molecule has 0 aromatic heterocycles. The number of ether oxygens (including phenoxy) is 1. The average Bonchev–Trinajstić information content (AvgIpc) is 3.20. The van der Waals surface area contributed by atoms with Crippen molar-refractivity contribution in [1.82, 2.24) is 9.91 Å². The molecular formula is C17H20N4O5. The van der Waals surface area contributed by atoms with Gasteiger partial charge in [-0.15, -0.1) is 5.11 Å². The van der Waals surface area contributed by atoms with E-state index in [1.165, 1.54) is 11.1 Å². The molecule has 3 aliphatic rings. The van der Waals surface area contributed by atoms with Gasteiger partial charge < -0.3 is 25.0 Å². The number of aliphatic hydroxyl groups is 3. The van der Waals surface area contributed by atoms with Crippen molar-refractivity contribution < 1.29 is 24.9 Å². The van der Waals surface area contributed by atoms with Crippen molar-refractivity contribution in [2.75, 3.05) is 6.61 Å². The second-order valence-electron chi connectivity index (χ2n) is 6.53. The van der Waals surface area contributed by atoms with Crippen LogP contribution in [-0.2, 0) is 16.1 Å². The van der Waals surface area contributed by atoms with Crippen molar-refractivity contribution in [2.45, 2.75) is 43.3 Å². The minimum Gasteiger partial charge on any atom is -0.394 e. The second kappa shape index (κ2) is 6.76. The van der Waals surface area contributed by atoms with Crippen LogP contribution < -0.4 is 0 Å². The van der Waals surface area contributed by atoms with Gasteiger partial charge in [-0.25, -0.2) is 5.01 Å². The molecule has 0 aliphatic carbocycles. The topological polar surface area (TPSA) is 118 Å². The zero-order valence-electron chi connectivity index (χ0n) is 13.9. The number of carbonyl (C=O) groups is 1. The summed E-state index contributed by atoms with van der Waals surface area (Å²) in [5, 5.41) is 39.1. The van der Waals surface area contributed by atoms with E-state index in [1.54, 1.807) is 11.0 Å². The van der Waals surface area contributed by atoms with Gasteiger partial charge in [0.05, 0.1) is 6.61 Å². The molecule has 6 atom stereocenters. The van der Waals surface area contributed by atoms with E-state index in [9.17, 15) is 20.1 Å². The van der Waals surface area contributed by atoms with Crippen molar-refractivity contribution in [3.63, 3.8) is 0 Å². The first-order valence-corrected chi connectivity index (χ1v) is 8.44. The number of aliphatic hydroxyl groups excluding tert-OH is 3. The third kappa shape index (κ3) is 2.78. The first-order valence-electron chi connectivity index (χ1n) is 8.44. The van der Waals surface area contributed by atoms with Crippen LogP contribution >= 0.6 is 0 Å². The Morgan fingerprint density at radius 2 is 1.92 bits per heavy atom. The van der Waals surface area contributed by atoms with Gasteiger partial charge in [-0.05, 0) is 5.56 Å². The minimum absolute atomic E-state index is 0.169. The first-order chi connectivity index (χ1) is 12.6. The Morgan fingerprint density at radius 1 is 1.15 bits per heavy atom. The molecule has 4 rings (SSSR count). The fourth-order valence-electron chi connectivity index (χ4n) is 3.49. The van der Waals surface area contributed by atoms with Gasteiger partial charge in [0.2, 0.25) is 5.91 Å². The SMILES string of the molecule is O=C1C=C[C@H]2[C@H](N=NN2[C@@H]2O[C@@H](CO)[C@@H](O)[C@H]2O)N1Cc1ccccc1. The van der Waals surface area contributed by atoms with Crippen LogP contribution in [0.15, 0.2) is 52.8 Å². The molecule has 1 aromatic rings. The third-order valence-electron chi connectivity index (χ3n) is 4.90. The summed E-state index contributed by atoms with van der Waals surface area (Å²) in [5.41, 5.74) is 0.969. The van der Waals surface area contributed by atoms with Crippen LogP contribution in [0.1, 0.15) is 5.56 Å². The lowest BCUT2D eigenvalue weighted by Crippen LogP contribution is -2.53. The molecule has 26 heavy (non-hydrogen) atoms. The van der Waals surface area contributed by atoms with E-state index in [1.807, 2.05) is 30.3 Å². The van der Waals surface area contributed by atoms with E-state index >= 15 is 0 Å². The quantitative estimate of drug-likeness (QED) is 0.660. The molecule has 3 N–H and O–H groups in total. The number of amides is 1. The number of hydrogen-bond donors (Lipinski definition) is 3. The van der Waals surface area contributed by atoms with Crippen molar-refractivity contribution in [2.24, 2.45) is 10.3 Å². The zero-order chi connectivity index (χ0) is 18.3. The zero-order valence-corrected chi connectivity index (χ0v) is 13.9. The van der Waals surface area contributed by atoms with Gasteiger partial charge in [0.15, 0.2) is 12.4 Å². The maximum Gasteiger partial charge on any atom is 0.248 e. The van der Waals surface area contributed by atoms with E-state index in [0.29, 0.717) is 6.54 Å². The van der Waals surface area contributed by atoms with Crippen LogP contribution in [0, 0.1) is 0 Å². The van der Waals surface area contributed by atoms with E-state index < -0.39 is 43.4 Å². The molecule has 0 unspecified atom stereocenters. The van der Waals surface area contributed by atoms with Crippen LogP contribution in [0.5, 0.6) is 0 Å². The number of hydrogen-bond acceptors (Lipinski definition) is 8. The molecule has 1 fully saturated rings. The number of carbonyl (C=O) groups excluding carboxylic acids is 1. The molecule has 0 bridgehead atoms. The Morgan fingerprint density at radius 3 is 2.62 bits per heavy atom. The summed E-state index contributed by atoms with van der Waals surface area (Å²) in [6.45, 7) is -0.0315. The standard InChI is InChI=1S/C17H20N4O5/c22-9-12-14(24)15(25)17(26-12)21-11-6-7-13(23)20(16(11)18-19-21)8-10-4-2-1-3-5-10/h1-7,11-12,14-17,22,24-25H,8-9H2/t11-,12-,14+,15+,16+,17+/m0/s1. The highest BCUT2D eigenvalue weighted by Crippen LogP contribution is 2.33. The molecule has 9 nitrogen and oxygen atoms in total. The van der Waals surface area contributed by atoms with Gasteiger partial charge in [-0.2, -0.15) is 0 Å². The molecule has 1 amide bonds. The Hall–Kier alpha value is -2.33. The molecular weight excluding hydrogens is 340 g/mol. The molecule has 3 heterocycles. The Kier molecular flexibility index (Phi) is 4.45. The maximum atomic E-state index is 12.3. The summed E-state index contributed by atoms with van der Waals surface area (Å²) in [4.78, 5) is 14.0. The molecule has 1 saturated heterocycles. The lowest BCUT2D eigenvalue weighted by Gasteiger charge is -2.36. The van der Waals surface area contributed by atoms with Crippen molar-refractivity contribution in [1.29, 1.82) is 0 Å². The van der Waals surface area contributed by atoms with Gasteiger partial charge in [-0.1, -0.05) is 41.6 Å². The van der Waals surface area contributed by atoms with Gasteiger partial charge in [0, 0.05) is 12.6 Å². The Balaban J connectivity index is 1.54. The van der Waals surface area contributed by atoms with Crippen LogP contribution in [0.2, 0.25) is 0 Å². The van der Waals surface area contributed by atoms with Crippen LogP contribution in [0.4, 0.5) is 0 Å². The summed E-state index contributed by atoms with van der Waals surface area (Å²) in [6.07, 6.45) is -1.71. The van der Waals surface area contributed by atoms with E-state index in [2.05, 4.69) is 10.3 Å². The summed E-state index contributed by atoms with van der Waals surface area (Å²) in [6, 6.07) is 9.15. The minimum atomic E-state index is -1.24. The first kappa shape index (κ1) is 17.1. The van der Waals surface area contributed by atoms with Gasteiger partial charge in [-0.3, -0.25) is 4.79 Å². The van der Waals surface area contributed by atoms with Gasteiger partial charge in [0.1, 0.15) is 24.4 Å². The molecule has 0 radical (unpaired) electrons. The summed E-state index contributed by atoms with van der Waals surface area (Å²) in [7, 11) is 0. The maximum absolute atomic E-state index is 12.3. The number of nitrogens with zero attached hydrogens (tertiary/aromatic N) is 4. The summed E-state index contributed by atoms with van der Waals surface area (Å²) in [5.74, 6) is -0.169. The highest BCUT2D eigenvalue weighted by atomic mass is 16.6. The highest BCUT2D eigenvalue weighted by Gasteiger charge is 2.51. The summed E-state index contributed by atoms with van der Waals surface area (Å²) < 4.78 is 5.53. The normalized spacial score (nSPS) is 36.0. The van der Waals surface area contributed by atoms with E-state index in [0.717, 1.165) is 5.56 Å². The van der Waals surface area contributed by atoms with E-state index in [-0.39, 0.29) is 5.91 Å². The fourth-order valence-corrected chi connectivity index (χ4v) is 3.49. The van der Waals surface area contributed by atoms with Crippen molar-refractivity contribution in [3.05, 3.63) is 48.0 Å². The predicted octanol–water partition coefficient (Wildman–Crippen LogP) is -0.599. The predicted molar refractivity (Wildman–Crippen MR) is 88.2 cm³/mol. The molecule has 0 spiro atoms. The number of benzene rings is 1. The highest BCUT2D eigenvalue weighted by molar-refractivity contribution is 5.89. The number of rotatable bonds is 4. The molecule has 0 saturated carbocycles. The molecule has 138 valence electrons. The van der Waals surface area contributed by atoms with Crippen molar-refractivity contribution in [3.8, 4) is 0 Å². The van der Waals surface area contributed by atoms with Crippen LogP contribution in [0.3, 0.4) is 0 Å². The molecule has 1 aromatic carbocycles. The molecule has 3 aliphatic heterocycles.